The van der Waals surface area contributed by atoms with Crippen molar-refractivity contribution in [2.24, 2.45) is 0 Å². The van der Waals surface area contributed by atoms with Crippen molar-refractivity contribution in [3.05, 3.63) is 65.7 Å². The molecule has 0 bridgehead atoms. The molecule has 0 aromatic heterocycles. The van der Waals surface area contributed by atoms with Gasteiger partial charge in [0.25, 0.3) is 0 Å². The van der Waals surface area contributed by atoms with E-state index < -0.39 is 0 Å². The van der Waals surface area contributed by atoms with Crippen LogP contribution in [0.5, 0.6) is 0 Å². The third-order valence-corrected chi connectivity index (χ3v) is 3.96. The summed E-state index contributed by atoms with van der Waals surface area (Å²) in [6.07, 6.45) is 1.13. The summed E-state index contributed by atoms with van der Waals surface area (Å²) < 4.78 is 0. The van der Waals surface area contributed by atoms with E-state index in [9.17, 15) is 4.79 Å². The third kappa shape index (κ3) is 5.61. The molecular formula is C19H25ClN2O. The second kappa shape index (κ2) is 8.59. The highest BCUT2D eigenvalue weighted by Crippen LogP contribution is 2.21. The minimum absolute atomic E-state index is 0. The van der Waals surface area contributed by atoms with E-state index in [1.165, 1.54) is 5.56 Å². The normalized spacial score (nSPS) is 10.7. The van der Waals surface area contributed by atoms with Crippen molar-refractivity contribution in [1.82, 2.24) is 5.32 Å². The van der Waals surface area contributed by atoms with Crippen LogP contribution in [-0.4, -0.2) is 12.5 Å². The average Bonchev–Trinajstić information content (AvgIpc) is 2.53. The quantitative estimate of drug-likeness (QED) is 0.792. The van der Waals surface area contributed by atoms with E-state index >= 15 is 0 Å². The summed E-state index contributed by atoms with van der Waals surface area (Å²) in [5.74, 6) is 0.0623. The van der Waals surface area contributed by atoms with E-state index in [0.717, 1.165) is 11.3 Å². The smallest absolute Gasteiger partial charge is 0.220 e. The summed E-state index contributed by atoms with van der Waals surface area (Å²) in [6, 6.07) is 17.9. The molecule has 0 saturated heterocycles. The molecule has 3 N–H and O–H groups in total. The summed E-state index contributed by atoms with van der Waals surface area (Å²) in [5, 5.41) is 3.03. The van der Waals surface area contributed by atoms with Crippen LogP contribution in [0.3, 0.4) is 0 Å². The van der Waals surface area contributed by atoms with Gasteiger partial charge < -0.3 is 11.1 Å². The molecule has 124 valence electrons. The Morgan fingerprint density at radius 1 is 1.04 bits per heavy atom. The highest BCUT2D eigenvalue weighted by atomic mass is 35.5. The van der Waals surface area contributed by atoms with Gasteiger partial charge in [0.1, 0.15) is 0 Å². The number of rotatable bonds is 6. The van der Waals surface area contributed by atoms with E-state index in [1.807, 2.05) is 42.5 Å². The predicted octanol–water partition coefficient (Wildman–Crippen LogP) is 3.72. The molecule has 23 heavy (non-hydrogen) atoms. The third-order valence-electron chi connectivity index (χ3n) is 3.96. The predicted molar refractivity (Wildman–Crippen MR) is 98.9 cm³/mol. The first-order chi connectivity index (χ1) is 10.5. The maximum Gasteiger partial charge on any atom is 0.220 e. The first kappa shape index (κ1) is 19.0. The first-order valence-electron chi connectivity index (χ1n) is 7.65. The highest BCUT2D eigenvalue weighted by molar-refractivity contribution is 5.85. The maximum absolute atomic E-state index is 12.1. The lowest BCUT2D eigenvalue weighted by Gasteiger charge is -2.25. The number of aryl methyl sites for hydroxylation is 1. The number of hydrogen-bond acceptors (Lipinski definition) is 2. The van der Waals surface area contributed by atoms with Gasteiger partial charge >= 0.3 is 0 Å². The van der Waals surface area contributed by atoms with Crippen molar-refractivity contribution >= 4 is 24.0 Å². The SMILES string of the molecule is CC(C)(CNC(=O)CCc1ccccc1N)c1ccccc1.Cl. The molecule has 3 nitrogen and oxygen atoms in total. The van der Waals surface area contributed by atoms with Crippen LogP contribution in [0.1, 0.15) is 31.4 Å². The number of para-hydroxylation sites is 1. The zero-order chi connectivity index (χ0) is 16.0. The molecule has 2 rings (SSSR count). The van der Waals surface area contributed by atoms with Crippen LogP contribution in [0.25, 0.3) is 0 Å². The molecule has 2 aromatic carbocycles. The van der Waals surface area contributed by atoms with Crippen LogP contribution in [0.15, 0.2) is 54.6 Å². The molecule has 0 heterocycles. The van der Waals surface area contributed by atoms with Crippen LogP contribution < -0.4 is 11.1 Å². The van der Waals surface area contributed by atoms with Gasteiger partial charge in [-0.3, -0.25) is 4.79 Å². The molecule has 0 radical (unpaired) electrons. The second-order valence-electron chi connectivity index (χ2n) is 6.23. The van der Waals surface area contributed by atoms with Crippen LogP contribution in [0, 0.1) is 0 Å². The van der Waals surface area contributed by atoms with Gasteiger partial charge in [-0.1, -0.05) is 62.4 Å². The fourth-order valence-electron chi connectivity index (χ4n) is 2.41. The molecule has 1 amide bonds. The number of nitrogens with two attached hydrogens (primary N) is 1. The number of anilines is 1. The van der Waals surface area contributed by atoms with Gasteiger partial charge in [-0.05, 0) is 23.6 Å². The molecule has 0 aliphatic rings. The Hall–Kier alpha value is -2.00. The highest BCUT2D eigenvalue weighted by Gasteiger charge is 2.20. The van der Waals surface area contributed by atoms with E-state index in [1.54, 1.807) is 0 Å². The van der Waals surface area contributed by atoms with Gasteiger partial charge in [-0.15, -0.1) is 12.4 Å². The van der Waals surface area contributed by atoms with Crippen molar-refractivity contribution in [1.29, 1.82) is 0 Å². The second-order valence-corrected chi connectivity index (χ2v) is 6.23. The van der Waals surface area contributed by atoms with Crippen LogP contribution in [-0.2, 0) is 16.6 Å². The van der Waals surface area contributed by atoms with E-state index in [2.05, 4.69) is 31.3 Å². The van der Waals surface area contributed by atoms with Crippen LogP contribution in [0.4, 0.5) is 5.69 Å². The Balaban J connectivity index is 0.00000264. The Kier molecular flexibility index (Phi) is 7.11. The minimum Gasteiger partial charge on any atom is -0.399 e. The van der Waals surface area contributed by atoms with Crippen molar-refractivity contribution in [3.63, 3.8) is 0 Å². The topological polar surface area (TPSA) is 55.1 Å². The maximum atomic E-state index is 12.1. The molecule has 0 aliphatic heterocycles. The van der Waals surface area contributed by atoms with Gasteiger partial charge in [0.2, 0.25) is 5.91 Å². The Bertz CT molecular complexity index is 626. The zero-order valence-electron chi connectivity index (χ0n) is 13.7. The molecule has 0 atom stereocenters. The first-order valence-corrected chi connectivity index (χ1v) is 7.65. The van der Waals surface area contributed by atoms with Crippen LogP contribution in [0.2, 0.25) is 0 Å². The monoisotopic (exact) mass is 332 g/mol. The Morgan fingerprint density at radius 3 is 2.30 bits per heavy atom. The average molecular weight is 333 g/mol. The number of nitrogens with one attached hydrogen (secondary N) is 1. The van der Waals surface area contributed by atoms with E-state index in [-0.39, 0.29) is 23.7 Å². The fourth-order valence-corrected chi connectivity index (χ4v) is 2.41. The molecule has 0 aliphatic carbocycles. The zero-order valence-corrected chi connectivity index (χ0v) is 14.5. The molecule has 0 fully saturated rings. The number of benzene rings is 2. The summed E-state index contributed by atoms with van der Waals surface area (Å²) in [4.78, 5) is 12.1. The van der Waals surface area contributed by atoms with Gasteiger partial charge in [0.15, 0.2) is 0 Å². The minimum atomic E-state index is -0.0807. The molecule has 2 aromatic rings. The largest absolute Gasteiger partial charge is 0.399 e. The fraction of sp³-hybridized carbons (Fsp3) is 0.316. The number of nitrogen functional groups attached to an aromatic ring is 1. The van der Waals surface area contributed by atoms with Gasteiger partial charge in [0, 0.05) is 24.1 Å². The molecular weight excluding hydrogens is 308 g/mol. The van der Waals surface area contributed by atoms with Crippen molar-refractivity contribution in [2.75, 3.05) is 12.3 Å². The van der Waals surface area contributed by atoms with E-state index in [4.69, 9.17) is 5.73 Å². The van der Waals surface area contributed by atoms with Crippen molar-refractivity contribution in [3.8, 4) is 0 Å². The van der Waals surface area contributed by atoms with Crippen molar-refractivity contribution in [2.45, 2.75) is 32.1 Å². The van der Waals surface area contributed by atoms with Gasteiger partial charge in [0.05, 0.1) is 0 Å². The number of halogens is 1. The molecule has 0 unspecified atom stereocenters. The van der Waals surface area contributed by atoms with Gasteiger partial charge in [-0.2, -0.15) is 0 Å². The van der Waals surface area contributed by atoms with Crippen molar-refractivity contribution < 1.29 is 4.79 Å². The Morgan fingerprint density at radius 2 is 1.65 bits per heavy atom. The Labute approximate surface area is 144 Å². The van der Waals surface area contributed by atoms with Crippen LogP contribution >= 0.6 is 12.4 Å². The summed E-state index contributed by atoms with van der Waals surface area (Å²) >= 11 is 0. The number of carbonyl (C=O) groups excluding carboxylic acids is 1. The summed E-state index contributed by atoms with van der Waals surface area (Å²) in [5.41, 5.74) is 8.82. The number of amides is 1. The standard InChI is InChI=1S/C19H24N2O.ClH/c1-19(2,16-9-4-3-5-10-16)14-21-18(22)13-12-15-8-6-7-11-17(15)20;/h3-11H,12-14,20H2,1-2H3,(H,21,22);1H. The molecule has 0 spiro atoms. The summed E-state index contributed by atoms with van der Waals surface area (Å²) in [6.45, 7) is 4.90. The lowest BCUT2D eigenvalue weighted by Crippen LogP contribution is -2.36. The van der Waals surface area contributed by atoms with E-state index in [0.29, 0.717) is 19.4 Å². The van der Waals surface area contributed by atoms with Gasteiger partial charge in [-0.25, -0.2) is 0 Å². The lowest BCUT2D eigenvalue weighted by molar-refractivity contribution is -0.121. The lowest BCUT2D eigenvalue weighted by atomic mass is 9.84. The molecule has 4 heteroatoms. The molecule has 0 saturated carbocycles. The number of hydrogen-bond donors (Lipinski definition) is 2. The number of carbonyl (C=O) groups is 1. The summed E-state index contributed by atoms with van der Waals surface area (Å²) in [7, 11) is 0.